The van der Waals surface area contributed by atoms with E-state index in [1.54, 1.807) is 19.2 Å². The Morgan fingerprint density at radius 3 is 2.65 bits per heavy atom. The molecule has 2 aliphatic carbocycles. The lowest BCUT2D eigenvalue weighted by molar-refractivity contribution is 0.0527. The van der Waals surface area contributed by atoms with Crippen LogP contribution < -0.4 is 11.1 Å². The van der Waals surface area contributed by atoms with Crippen LogP contribution in [-0.4, -0.2) is 23.6 Å². The molecule has 0 aromatic carbocycles. The summed E-state index contributed by atoms with van der Waals surface area (Å²) in [5, 5.41) is 3.46. The van der Waals surface area contributed by atoms with Crippen LogP contribution in [0.3, 0.4) is 0 Å². The molecule has 20 heavy (non-hydrogen) atoms. The summed E-state index contributed by atoms with van der Waals surface area (Å²) in [7, 11) is 0. The molecule has 0 radical (unpaired) electrons. The molecule has 1 heterocycles. The molecule has 0 bridgehead atoms. The number of carbonyl (C=O) groups excluding carboxylic acids is 1. The van der Waals surface area contributed by atoms with Gasteiger partial charge >= 0.3 is 5.97 Å². The normalized spacial score (nSPS) is 18.1. The molecule has 0 aliphatic heterocycles. The zero-order valence-electron chi connectivity index (χ0n) is 11.8. The second-order valence-electron chi connectivity index (χ2n) is 5.69. The summed E-state index contributed by atoms with van der Waals surface area (Å²) in [5.74, 6) is 1.73. The number of nitrogens with one attached hydrogen (secondary N) is 1. The summed E-state index contributed by atoms with van der Waals surface area (Å²) in [6.07, 6.45) is 6.75. The zero-order valence-corrected chi connectivity index (χ0v) is 11.8. The van der Waals surface area contributed by atoms with Gasteiger partial charge in [-0.15, -0.1) is 0 Å². The van der Waals surface area contributed by atoms with Crippen molar-refractivity contribution in [3.05, 3.63) is 17.8 Å². The SMILES string of the molecule is CCOC(=O)c1ccnc(NC(C2CC2)C2CC2)c1N. The van der Waals surface area contributed by atoms with Crippen LogP contribution in [0.15, 0.2) is 12.3 Å². The number of nitrogen functional groups attached to an aromatic ring is 1. The average Bonchev–Trinajstić information content (AvgIpc) is 3.29. The molecular weight excluding hydrogens is 254 g/mol. The van der Waals surface area contributed by atoms with Crippen molar-refractivity contribution in [1.29, 1.82) is 0 Å². The Morgan fingerprint density at radius 2 is 2.10 bits per heavy atom. The van der Waals surface area contributed by atoms with E-state index in [1.807, 2.05) is 0 Å². The summed E-state index contributed by atoms with van der Waals surface area (Å²) in [5.41, 5.74) is 6.88. The number of hydrogen-bond donors (Lipinski definition) is 2. The first-order valence-corrected chi connectivity index (χ1v) is 7.38. The maximum atomic E-state index is 11.8. The summed E-state index contributed by atoms with van der Waals surface area (Å²) in [4.78, 5) is 16.1. The minimum atomic E-state index is -0.384. The first kappa shape index (κ1) is 13.2. The second-order valence-corrected chi connectivity index (χ2v) is 5.69. The van der Waals surface area contributed by atoms with E-state index in [4.69, 9.17) is 10.5 Å². The number of ether oxygens (including phenoxy) is 1. The van der Waals surface area contributed by atoms with Gasteiger partial charge in [0.15, 0.2) is 0 Å². The predicted molar refractivity (Wildman–Crippen MR) is 77.5 cm³/mol. The molecule has 108 valence electrons. The minimum Gasteiger partial charge on any atom is -0.462 e. The molecule has 3 N–H and O–H groups in total. The van der Waals surface area contributed by atoms with Crippen LogP contribution in [0.5, 0.6) is 0 Å². The number of pyridine rings is 1. The van der Waals surface area contributed by atoms with E-state index in [0.717, 1.165) is 11.8 Å². The third-order valence-electron chi connectivity index (χ3n) is 4.05. The van der Waals surface area contributed by atoms with Crippen molar-refractivity contribution in [3.8, 4) is 0 Å². The Hall–Kier alpha value is -1.78. The van der Waals surface area contributed by atoms with Gasteiger partial charge in [-0.2, -0.15) is 0 Å². The third kappa shape index (κ3) is 2.71. The van der Waals surface area contributed by atoms with E-state index in [-0.39, 0.29) is 5.97 Å². The van der Waals surface area contributed by atoms with E-state index in [1.165, 1.54) is 25.7 Å². The van der Waals surface area contributed by atoms with E-state index in [9.17, 15) is 4.79 Å². The fourth-order valence-corrected chi connectivity index (χ4v) is 2.66. The third-order valence-corrected chi connectivity index (χ3v) is 4.05. The van der Waals surface area contributed by atoms with Gasteiger partial charge in [-0.1, -0.05) is 0 Å². The van der Waals surface area contributed by atoms with E-state index in [0.29, 0.717) is 29.7 Å². The molecule has 1 aromatic heterocycles. The molecule has 2 fully saturated rings. The van der Waals surface area contributed by atoms with Crippen LogP contribution in [0.4, 0.5) is 11.5 Å². The number of carbonyl (C=O) groups is 1. The molecule has 0 unspecified atom stereocenters. The summed E-state index contributed by atoms with van der Waals surface area (Å²) in [6.45, 7) is 2.13. The van der Waals surface area contributed by atoms with Gasteiger partial charge in [-0.3, -0.25) is 0 Å². The smallest absolute Gasteiger partial charge is 0.340 e. The highest BCUT2D eigenvalue weighted by Gasteiger charge is 2.41. The van der Waals surface area contributed by atoms with Crippen molar-refractivity contribution in [1.82, 2.24) is 4.98 Å². The molecule has 0 atom stereocenters. The van der Waals surface area contributed by atoms with Gasteiger partial charge in [0.25, 0.3) is 0 Å². The Kier molecular flexibility index (Phi) is 3.51. The van der Waals surface area contributed by atoms with E-state index >= 15 is 0 Å². The Labute approximate surface area is 118 Å². The molecule has 0 spiro atoms. The van der Waals surface area contributed by atoms with Crippen molar-refractivity contribution in [2.45, 2.75) is 38.6 Å². The molecule has 2 aliphatic rings. The van der Waals surface area contributed by atoms with Gasteiger partial charge in [-0.05, 0) is 50.5 Å². The molecule has 3 rings (SSSR count). The quantitative estimate of drug-likeness (QED) is 0.780. The van der Waals surface area contributed by atoms with Gasteiger partial charge in [0, 0.05) is 12.2 Å². The first-order chi connectivity index (χ1) is 9.70. The van der Waals surface area contributed by atoms with Gasteiger partial charge in [0.1, 0.15) is 5.82 Å². The Morgan fingerprint density at radius 1 is 1.45 bits per heavy atom. The number of hydrogen-bond acceptors (Lipinski definition) is 5. The zero-order chi connectivity index (χ0) is 14.1. The van der Waals surface area contributed by atoms with Crippen molar-refractivity contribution >= 4 is 17.5 Å². The number of anilines is 2. The molecule has 5 nitrogen and oxygen atoms in total. The van der Waals surface area contributed by atoms with Gasteiger partial charge in [0.2, 0.25) is 0 Å². The van der Waals surface area contributed by atoms with Crippen LogP contribution in [0.25, 0.3) is 0 Å². The van der Waals surface area contributed by atoms with E-state index < -0.39 is 0 Å². The van der Waals surface area contributed by atoms with Gasteiger partial charge in [-0.25, -0.2) is 9.78 Å². The monoisotopic (exact) mass is 275 g/mol. The standard InChI is InChI=1S/C15H21N3O2/c1-2-20-15(19)11-7-8-17-14(12(11)16)18-13(9-3-4-9)10-5-6-10/h7-10,13H,2-6,16H2,1H3,(H,17,18). The summed E-state index contributed by atoms with van der Waals surface area (Å²) >= 11 is 0. The van der Waals surface area contributed by atoms with Crippen LogP contribution in [0, 0.1) is 11.8 Å². The summed E-state index contributed by atoms with van der Waals surface area (Å²) in [6, 6.07) is 2.07. The van der Waals surface area contributed by atoms with Crippen LogP contribution in [0.2, 0.25) is 0 Å². The summed E-state index contributed by atoms with van der Waals surface area (Å²) < 4.78 is 5.01. The van der Waals surface area contributed by atoms with E-state index in [2.05, 4.69) is 10.3 Å². The largest absolute Gasteiger partial charge is 0.462 e. The fourth-order valence-electron chi connectivity index (χ4n) is 2.66. The topological polar surface area (TPSA) is 77.2 Å². The lowest BCUT2D eigenvalue weighted by Crippen LogP contribution is -2.26. The highest BCUT2D eigenvalue weighted by atomic mass is 16.5. The number of esters is 1. The van der Waals surface area contributed by atoms with Crippen molar-refractivity contribution in [2.24, 2.45) is 11.8 Å². The maximum absolute atomic E-state index is 11.8. The molecule has 1 aromatic rings. The average molecular weight is 275 g/mol. The maximum Gasteiger partial charge on any atom is 0.340 e. The number of nitrogens with two attached hydrogens (primary N) is 1. The predicted octanol–water partition coefficient (Wildman–Crippen LogP) is 2.44. The Bertz CT molecular complexity index is 498. The van der Waals surface area contributed by atoms with Gasteiger partial charge in [0.05, 0.1) is 17.9 Å². The van der Waals surface area contributed by atoms with Crippen LogP contribution in [-0.2, 0) is 4.74 Å². The molecular formula is C15H21N3O2. The van der Waals surface area contributed by atoms with Crippen molar-refractivity contribution in [3.63, 3.8) is 0 Å². The second kappa shape index (κ2) is 5.31. The highest BCUT2D eigenvalue weighted by molar-refractivity contribution is 5.97. The highest BCUT2D eigenvalue weighted by Crippen LogP contribution is 2.46. The van der Waals surface area contributed by atoms with Crippen LogP contribution in [0.1, 0.15) is 43.0 Å². The first-order valence-electron chi connectivity index (χ1n) is 7.38. The van der Waals surface area contributed by atoms with Crippen LogP contribution >= 0.6 is 0 Å². The minimum absolute atomic E-state index is 0.343. The van der Waals surface area contributed by atoms with Gasteiger partial charge < -0.3 is 15.8 Å². The van der Waals surface area contributed by atoms with Crippen molar-refractivity contribution < 1.29 is 9.53 Å². The lowest BCUT2D eigenvalue weighted by atomic mass is 10.1. The molecule has 5 heteroatoms. The molecule has 0 amide bonds. The number of nitrogens with zero attached hydrogens (tertiary/aromatic N) is 1. The fraction of sp³-hybridized carbons (Fsp3) is 0.600. The Balaban J connectivity index is 1.78. The number of aromatic nitrogens is 1. The molecule has 0 saturated heterocycles. The lowest BCUT2D eigenvalue weighted by Gasteiger charge is -2.20. The molecule has 2 saturated carbocycles. The van der Waals surface area contributed by atoms with Crippen molar-refractivity contribution in [2.75, 3.05) is 17.7 Å². The number of rotatable bonds is 6.